The van der Waals surface area contributed by atoms with E-state index < -0.39 is 0 Å². The molecule has 4 nitrogen and oxygen atoms in total. The molecule has 0 unspecified atom stereocenters. The van der Waals surface area contributed by atoms with Crippen molar-refractivity contribution in [2.45, 2.75) is 33.6 Å². The summed E-state index contributed by atoms with van der Waals surface area (Å²) in [6.07, 6.45) is 2.12. The zero-order chi connectivity index (χ0) is 13.7. The van der Waals surface area contributed by atoms with Crippen molar-refractivity contribution in [2.75, 3.05) is 53.2 Å². The summed E-state index contributed by atoms with van der Waals surface area (Å²) >= 11 is 0. The van der Waals surface area contributed by atoms with Crippen LogP contribution >= 0.6 is 0 Å². The van der Waals surface area contributed by atoms with Crippen LogP contribution in [-0.2, 0) is 14.2 Å². The van der Waals surface area contributed by atoms with Gasteiger partial charge in [-0.1, -0.05) is 20.8 Å². The van der Waals surface area contributed by atoms with Crippen LogP contribution in [0.15, 0.2) is 0 Å². The van der Waals surface area contributed by atoms with Crippen molar-refractivity contribution in [1.29, 1.82) is 0 Å². The van der Waals surface area contributed by atoms with Gasteiger partial charge in [-0.05, 0) is 19.4 Å². The molecule has 0 heterocycles. The third-order valence-corrected chi connectivity index (χ3v) is 2.53. The van der Waals surface area contributed by atoms with Gasteiger partial charge in [-0.25, -0.2) is 0 Å². The lowest BCUT2D eigenvalue weighted by Crippen LogP contribution is -2.33. The van der Waals surface area contributed by atoms with Crippen molar-refractivity contribution < 1.29 is 14.2 Å². The number of hydrogen-bond donors (Lipinski definition) is 1. The van der Waals surface area contributed by atoms with Crippen molar-refractivity contribution in [3.05, 3.63) is 0 Å². The Morgan fingerprint density at radius 2 is 1.72 bits per heavy atom. The Kier molecular flexibility index (Phi) is 11.8. The maximum Gasteiger partial charge on any atom is 0.0700 e. The maximum absolute atomic E-state index is 5.68. The van der Waals surface area contributed by atoms with Crippen LogP contribution in [0.4, 0.5) is 0 Å². The van der Waals surface area contributed by atoms with Gasteiger partial charge in [0.15, 0.2) is 0 Å². The highest BCUT2D eigenvalue weighted by molar-refractivity contribution is 4.70. The first-order valence-corrected chi connectivity index (χ1v) is 6.97. The van der Waals surface area contributed by atoms with Gasteiger partial charge in [0, 0.05) is 32.3 Å². The molecule has 18 heavy (non-hydrogen) atoms. The molecule has 0 spiro atoms. The standard InChI is InChI=1S/C14H31NO3/c1-5-7-15-12-14(2,3)13-18-9-6-8-17-11-10-16-4/h15H,5-13H2,1-4H3. The van der Waals surface area contributed by atoms with E-state index in [1.54, 1.807) is 7.11 Å². The van der Waals surface area contributed by atoms with Crippen LogP contribution in [0.1, 0.15) is 33.6 Å². The number of hydrogen-bond acceptors (Lipinski definition) is 4. The summed E-state index contributed by atoms with van der Waals surface area (Å²) in [5.74, 6) is 0. The van der Waals surface area contributed by atoms with E-state index in [1.165, 1.54) is 6.42 Å². The van der Waals surface area contributed by atoms with E-state index in [2.05, 4.69) is 26.1 Å². The Morgan fingerprint density at radius 3 is 2.39 bits per heavy atom. The first-order valence-electron chi connectivity index (χ1n) is 6.97. The molecule has 0 bridgehead atoms. The normalized spacial score (nSPS) is 12.0. The molecular formula is C14H31NO3. The zero-order valence-electron chi connectivity index (χ0n) is 12.6. The Balaban J connectivity index is 3.30. The second-order valence-corrected chi connectivity index (χ2v) is 5.35. The van der Waals surface area contributed by atoms with Gasteiger partial charge in [-0.3, -0.25) is 0 Å². The predicted molar refractivity (Wildman–Crippen MR) is 75.1 cm³/mol. The van der Waals surface area contributed by atoms with Crippen LogP contribution in [0.2, 0.25) is 0 Å². The summed E-state index contributed by atoms with van der Waals surface area (Å²) in [6.45, 7) is 12.4. The van der Waals surface area contributed by atoms with E-state index >= 15 is 0 Å². The van der Waals surface area contributed by atoms with Gasteiger partial charge in [0.05, 0.1) is 19.8 Å². The molecular weight excluding hydrogens is 230 g/mol. The summed E-state index contributed by atoms with van der Waals surface area (Å²) in [4.78, 5) is 0. The monoisotopic (exact) mass is 261 g/mol. The largest absolute Gasteiger partial charge is 0.382 e. The fourth-order valence-corrected chi connectivity index (χ4v) is 1.51. The van der Waals surface area contributed by atoms with Gasteiger partial charge in [0.25, 0.3) is 0 Å². The maximum atomic E-state index is 5.68. The smallest absolute Gasteiger partial charge is 0.0700 e. The lowest BCUT2D eigenvalue weighted by atomic mass is 9.95. The molecule has 0 aliphatic rings. The summed E-state index contributed by atoms with van der Waals surface area (Å²) < 4.78 is 16.0. The molecule has 0 rings (SSSR count). The number of nitrogens with one attached hydrogen (secondary N) is 1. The zero-order valence-corrected chi connectivity index (χ0v) is 12.6. The van der Waals surface area contributed by atoms with Crippen molar-refractivity contribution >= 4 is 0 Å². The molecule has 0 saturated carbocycles. The highest BCUT2D eigenvalue weighted by atomic mass is 16.5. The molecule has 0 aromatic carbocycles. The van der Waals surface area contributed by atoms with E-state index in [1.807, 2.05) is 0 Å². The van der Waals surface area contributed by atoms with Crippen molar-refractivity contribution in [3.8, 4) is 0 Å². The summed E-state index contributed by atoms with van der Waals surface area (Å²) in [6, 6.07) is 0. The van der Waals surface area contributed by atoms with Crippen LogP contribution in [-0.4, -0.2) is 53.2 Å². The molecule has 0 aromatic heterocycles. The lowest BCUT2D eigenvalue weighted by Gasteiger charge is -2.24. The molecule has 0 fully saturated rings. The van der Waals surface area contributed by atoms with E-state index in [4.69, 9.17) is 14.2 Å². The van der Waals surface area contributed by atoms with E-state index in [-0.39, 0.29) is 5.41 Å². The molecule has 0 aromatic rings. The van der Waals surface area contributed by atoms with E-state index in [0.717, 1.165) is 39.3 Å². The molecule has 1 N–H and O–H groups in total. The van der Waals surface area contributed by atoms with Crippen LogP contribution in [0.5, 0.6) is 0 Å². The van der Waals surface area contributed by atoms with Crippen LogP contribution in [0.25, 0.3) is 0 Å². The first kappa shape index (κ1) is 17.8. The van der Waals surface area contributed by atoms with Gasteiger partial charge in [-0.2, -0.15) is 0 Å². The highest BCUT2D eigenvalue weighted by Gasteiger charge is 2.17. The van der Waals surface area contributed by atoms with Crippen LogP contribution in [0.3, 0.4) is 0 Å². The van der Waals surface area contributed by atoms with Gasteiger partial charge in [0.2, 0.25) is 0 Å². The first-order chi connectivity index (χ1) is 8.62. The lowest BCUT2D eigenvalue weighted by molar-refractivity contribution is 0.0310. The summed E-state index contributed by atoms with van der Waals surface area (Å²) in [7, 11) is 1.68. The Morgan fingerprint density at radius 1 is 1.00 bits per heavy atom. The quantitative estimate of drug-likeness (QED) is 0.515. The molecule has 4 heteroatoms. The average molecular weight is 261 g/mol. The third-order valence-electron chi connectivity index (χ3n) is 2.53. The molecule has 0 amide bonds. The number of methoxy groups -OCH3 is 1. The molecule has 0 radical (unpaired) electrons. The fourth-order valence-electron chi connectivity index (χ4n) is 1.51. The van der Waals surface area contributed by atoms with Crippen LogP contribution in [0, 0.1) is 5.41 Å². The Bertz CT molecular complexity index is 174. The molecule has 0 atom stereocenters. The third kappa shape index (κ3) is 12.3. The minimum absolute atomic E-state index is 0.200. The molecule has 110 valence electrons. The van der Waals surface area contributed by atoms with Gasteiger partial charge in [-0.15, -0.1) is 0 Å². The van der Waals surface area contributed by atoms with Crippen molar-refractivity contribution in [1.82, 2.24) is 5.32 Å². The fraction of sp³-hybridized carbons (Fsp3) is 1.00. The second-order valence-electron chi connectivity index (χ2n) is 5.35. The van der Waals surface area contributed by atoms with Gasteiger partial charge in [0.1, 0.15) is 0 Å². The van der Waals surface area contributed by atoms with Gasteiger partial charge >= 0.3 is 0 Å². The molecule has 0 aliphatic carbocycles. The predicted octanol–water partition coefficient (Wildman–Crippen LogP) is 2.08. The van der Waals surface area contributed by atoms with Gasteiger partial charge < -0.3 is 19.5 Å². The topological polar surface area (TPSA) is 39.7 Å². The minimum atomic E-state index is 0.200. The van der Waals surface area contributed by atoms with Crippen molar-refractivity contribution in [2.24, 2.45) is 5.41 Å². The molecule has 0 saturated heterocycles. The Hall–Kier alpha value is -0.160. The van der Waals surface area contributed by atoms with E-state index in [0.29, 0.717) is 13.2 Å². The number of rotatable bonds is 13. The van der Waals surface area contributed by atoms with E-state index in [9.17, 15) is 0 Å². The highest BCUT2D eigenvalue weighted by Crippen LogP contribution is 2.13. The Labute approximate surface area is 112 Å². The van der Waals surface area contributed by atoms with Crippen LogP contribution < -0.4 is 5.32 Å². The average Bonchev–Trinajstić information content (AvgIpc) is 2.33. The van der Waals surface area contributed by atoms with Crippen molar-refractivity contribution in [3.63, 3.8) is 0 Å². The summed E-state index contributed by atoms with van der Waals surface area (Å²) in [5.41, 5.74) is 0.200. The number of ether oxygens (including phenoxy) is 3. The minimum Gasteiger partial charge on any atom is -0.382 e. The SMILES string of the molecule is CCCNCC(C)(C)COCCCOCCOC. The summed E-state index contributed by atoms with van der Waals surface area (Å²) in [5, 5.41) is 3.43. The second kappa shape index (κ2) is 11.9. The molecule has 0 aliphatic heterocycles.